The molecule has 0 spiro atoms. The predicted octanol–water partition coefficient (Wildman–Crippen LogP) is 3.72. The van der Waals surface area contributed by atoms with Gasteiger partial charge in [0.25, 0.3) is 0 Å². The quantitative estimate of drug-likeness (QED) is 0.508. The summed E-state index contributed by atoms with van der Waals surface area (Å²) >= 11 is 5.61. The molecule has 0 saturated carbocycles. The third kappa shape index (κ3) is 3.65. The molecule has 0 fully saturated rings. The highest BCUT2D eigenvalue weighted by molar-refractivity contribution is 6.18. The Labute approximate surface area is 85.2 Å². The van der Waals surface area contributed by atoms with E-state index < -0.39 is 0 Å². The number of halogens is 1. The molecular formula is C12H15Cl. The third-order valence-electron chi connectivity index (χ3n) is 2.03. The first-order valence-electron chi connectivity index (χ1n) is 4.49. The summed E-state index contributed by atoms with van der Waals surface area (Å²) in [5.74, 6) is 0.609. The number of aryl methyl sites for hydroxylation is 1. The Hall–Kier alpha value is -0.750. The van der Waals surface area contributed by atoms with Crippen LogP contribution in [0.2, 0.25) is 0 Å². The standard InChI is InChI=1S/C12H15Cl/c1-10-3-5-12(6-4-10)9-11(2)7-8-13/h3-7H,8-9H2,1-2H3. The molecule has 0 nitrogen and oxygen atoms in total. The Bertz CT molecular complexity index is 282. The molecule has 0 N–H and O–H groups in total. The average molecular weight is 195 g/mol. The molecule has 1 aromatic carbocycles. The summed E-state index contributed by atoms with van der Waals surface area (Å²) in [6.07, 6.45) is 3.06. The topological polar surface area (TPSA) is 0 Å². The summed E-state index contributed by atoms with van der Waals surface area (Å²) in [5, 5.41) is 0. The fraction of sp³-hybridized carbons (Fsp3) is 0.333. The molecule has 0 bridgehead atoms. The molecule has 0 atom stereocenters. The zero-order valence-corrected chi connectivity index (χ0v) is 8.93. The van der Waals surface area contributed by atoms with E-state index in [4.69, 9.17) is 11.6 Å². The molecule has 0 unspecified atom stereocenters. The molecule has 1 heteroatoms. The number of rotatable bonds is 3. The first-order valence-corrected chi connectivity index (χ1v) is 5.03. The molecule has 70 valence electrons. The van der Waals surface area contributed by atoms with Crippen molar-refractivity contribution in [2.24, 2.45) is 0 Å². The zero-order valence-electron chi connectivity index (χ0n) is 8.18. The van der Waals surface area contributed by atoms with Crippen molar-refractivity contribution in [3.05, 3.63) is 47.0 Å². The molecule has 1 rings (SSSR count). The van der Waals surface area contributed by atoms with E-state index in [-0.39, 0.29) is 0 Å². The molecule has 0 aliphatic carbocycles. The second-order valence-electron chi connectivity index (χ2n) is 3.37. The maximum atomic E-state index is 5.61. The van der Waals surface area contributed by atoms with Crippen molar-refractivity contribution in [2.45, 2.75) is 20.3 Å². The summed E-state index contributed by atoms with van der Waals surface area (Å²) in [7, 11) is 0. The Morgan fingerprint density at radius 1 is 1.31 bits per heavy atom. The SMILES string of the molecule is CC(=CCCl)Cc1ccc(C)cc1. The van der Waals surface area contributed by atoms with E-state index >= 15 is 0 Å². The van der Waals surface area contributed by atoms with Crippen LogP contribution in [0, 0.1) is 6.92 Å². The van der Waals surface area contributed by atoms with Crippen LogP contribution >= 0.6 is 11.6 Å². The van der Waals surface area contributed by atoms with Crippen LogP contribution in [0.1, 0.15) is 18.1 Å². The lowest BCUT2D eigenvalue weighted by atomic mass is 10.1. The summed E-state index contributed by atoms with van der Waals surface area (Å²) < 4.78 is 0. The van der Waals surface area contributed by atoms with Gasteiger partial charge in [-0.1, -0.05) is 41.5 Å². The molecule has 0 amide bonds. The van der Waals surface area contributed by atoms with Gasteiger partial charge in [-0.3, -0.25) is 0 Å². The number of hydrogen-bond donors (Lipinski definition) is 0. The minimum atomic E-state index is 0.609. The first-order chi connectivity index (χ1) is 6.22. The van der Waals surface area contributed by atoms with Crippen molar-refractivity contribution in [1.82, 2.24) is 0 Å². The van der Waals surface area contributed by atoms with Crippen LogP contribution < -0.4 is 0 Å². The molecular weight excluding hydrogens is 180 g/mol. The Balaban J connectivity index is 2.64. The first kappa shape index (κ1) is 10.3. The lowest BCUT2D eigenvalue weighted by Crippen LogP contribution is -1.87. The monoisotopic (exact) mass is 194 g/mol. The summed E-state index contributed by atoms with van der Waals surface area (Å²) in [6.45, 7) is 4.22. The van der Waals surface area contributed by atoms with Crippen molar-refractivity contribution in [3.63, 3.8) is 0 Å². The Kier molecular flexibility index (Phi) is 4.04. The van der Waals surface area contributed by atoms with Gasteiger partial charge in [0.2, 0.25) is 0 Å². The van der Waals surface area contributed by atoms with Gasteiger partial charge in [0.15, 0.2) is 0 Å². The summed E-state index contributed by atoms with van der Waals surface area (Å²) in [5.41, 5.74) is 3.99. The molecule has 0 aliphatic rings. The van der Waals surface area contributed by atoms with Crippen LogP contribution in [0.4, 0.5) is 0 Å². The molecule has 0 radical (unpaired) electrons. The van der Waals surface area contributed by atoms with Crippen LogP contribution in [0.3, 0.4) is 0 Å². The van der Waals surface area contributed by atoms with E-state index in [0.29, 0.717) is 5.88 Å². The minimum Gasteiger partial charge on any atom is -0.122 e. The fourth-order valence-electron chi connectivity index (χ4n) is 1.23. The highest BCUT2D eigenvalue weighted by Crippen LogP contribution is 2.09. The van der Waals surface area contributed by atoms with Crippen LogP contribution in [-0.2, 0) is 6.42 Å². The second kappa shape index (κ2) is 5.08. The maximum absolute atomic E-state index is 5.61. The average Bonchev–Trinajstić information content (AvgIpc) is 2.09. The van der Waals surface area contributed by atoms with Gasteiger partial charge in [-0.25, -0.2) is 0 Å². The van der Waals surface area contributed by atoms with Crippen molar-refractivity contribution in [2.75, 3.05) is 5.88 Å². The van der Waals surface area contributed by atoms with Crippen LogP contribution in [0.25, 0.3) is 0 Å². The largest absolute Gasteiger partial charge is 0.122 e. The number of allylic oxidation sites excluding steroid dienone is 2. The smallest absolute Gasteiger partial charge is 0.0406 e. The van der Waals surface area contributed by atoms with E-state index in [1.54, 1.807) is 0 Å². The van der Waals surface area contributed by atoms with Gasteiger partial charge in [-0.05, 0) is 25.8 Å². The third-order valence-corrected chi connectivity index (χ3v) is 2.18. The zero-order chi connectivity index (χ0) is 9.68. The lowest BCUT2D eigenvalue weighted by molar-refractivity contribution is 1.13. The van der Waals surface area contributed by atoms with Crippen molar-refractivity contribution >= 4 is 11.6 Å². The lowest BCUT2D eigenvalue weighted by Gasteiger charge is -2.01. The van der Waals surface area contributed by atoms with Crippen molar-refractivity contribution < 1.29 is 0 Å². The van der Waals surface area contributed by atoms with Crippen LogP contribution in [0.5, 0.6) is 0 Å². The highest BCUT2D eigenvalue weighted by atomic mass is 35.5. The highest BCUT2D eigenvalue weighted by Gasteiger charge is 1.93. The van der Waals surface area contributed by atoms with E-state index in [1.165, 1.54) is 16.7 Å². The molecule has 13 heavy (non-hydrogen) atoms. The van der Waals surface area contributed by atoms with E-state index in [0.717, 1.165) is 6.42 Å². The van der Waals surface area contributed by atoms with Gasteiger partial charge in [0.1, 0.15) is 0 Å². The normalized spacial score (nSPS) is 11.8. The van der Waals surface area contributed by atoms with Crippen molar-refractivity contribution in [3.8, 4) is 0 Å². The van der Waals surface area contributed by atoms with Gasteiger partial charge >= 0.3 is 0 Å². The van der Waals surface area contributed by atoms with E-state index in [2.05, 4.69) is 44.2 Å². The van der Waals surface area contributed by atoms with Gasteiger partial charge in [0, 0.05) is 5.88 Å². The Morgan fingerprint density at radius 3 is 2.46 bits per heavy atom. The predicted molar refractivity (Wildman–Crippen MR) is 59.4 cm³/mol. The van der Waals surface area contributed by atoms with E-state index in [9.17, 15) is 0 Å². The fourth-order valence-corrected chi connectivity index (χ4v) is 1.50. The molecule has 0 heterocycles. The second-order valence-corrected chi connectivity index (χ2v) is 3.68. The Morgan fingerprint density at radius 2 is 1.92 bits per heavy atom. The molecule has 0 saturated heterocycles. The summed E-state index contributed by atoms with van der Waals surface area (Å²) in [6, 6.07) is 8.62. The van der Waals surface area contributed by atoms with Gasteiger partial charge < -0.3 is 0 Å². The number of benzene rings is 1. The van der Waals surface area contributed by atoms with Gasteiger partial charge in [0.05, 0.1) is 0 Å². The number of alkyl halides is 1. The van der Waals surface area contributed by atoms with Crippen molar-refractivity contribution in [1.29, 1.82) is 0 Å². The van der Waals surface area contributed by atoms with Crippen LogP contribution in [0.15, 0.2) is 35.9 Å². The van der Waals surface area contributed by atoms with E-state index in [1.807, 2.05) is 0 Å². The van der Waals surface area contributed by atoms with Crippen LogP contribution in [-0.4, -0.2) is 5.88 Å². The molecule has 0 aromatic heterocycles. The molecule has 1 aromatic rings. The molecule has 0 aliphatic heterocycles. The maximum Gasteiger partial charge on any atom is 0.0406 e. The van der Waals surface area contributed by atoms with Gasteiger partial charge in [-0.2, -0.15) is 0 Å². The van der Waals surface area contributed by atoms with Gasteiger partial charge in [-0.15, -0.1) is 11.6 Å². The minimum absolute atomic E-state index is 0.609. The number of hydrogen-bond acceptors (Lipinski definition) is 0. The summed E-state index contributed by atoms with van der Waals surface area (Å²) in [4.78, 5) is 0.